The molecule has 3 aromatic carbocycles. The third kappa shape index (κ3) is 5.76. The number of aliphatic hydroxyl groups is 1. The van der Waals surface area contributed by atoms with Crippen molar-refractivity contribution in [1.82, 2.24) is 4.98 Å². The molecule has 1 unspecified atom stereocenters. The first-order valence-electron chi connectivity index (χ1n) is 13.7. The molecule has 0 aliphatic carbocycles. The maximum atomic E-state index is 13.6. The standard InChI is InChI=1S/C32H32N2O6S/c1-4-6-18-40-23-11-7-20(8-12-23)28-27(29(35)21-9-13-22(14-10-21)39-17-5-2)30(36)31(37)34(28)32-33-25-16-15-24(38-3)19-26(25)41-32/h7-16,19,28,35H,4-6,17-18H2,1-3H3. The summed E-state index contributed by atoms with van der Waals surface area (Å²) in [6.45, 7) is 5.29. The Bertz CT molecular complexity index is 1580. The van der Waals surface area contributed by atoms with Gasteiger partial charge in [0, 0.05) is 5.56 Å². The molecule has 2 heterocycles. The predicted molar refractivity (Wildman–Crippen MR) is 160 cm³/mol. The van der Waals surface area contributed by atoms with E-state index in [1.54, 1.807) is 37.4 Å². The van der Waals surface area contributed by atoms with Crippen molar-refractivity contribution in [3.63, 3.8) is 0 Å². The summed E-state index contributed by atoms with van der Waals surface area (Å²) in [7, 11) is 1.58. The molecular weight excluding hydrogens is 540 g/mol. The number of rotatable bonds is 11. The molecular formula is C32H32N2O6S. The van der Waals surface area contributed by atoms with Gasteiger partial charge in [-0.25, -0.2) is 4.98 Å². The van der Waals surface area contributed by atoms with Gasteiger partial charge in [0.25, 0.3) is 5.78 Å². The van der Waals surface area contributed by atoms with Crippen LogP contribution in [0.5, 0.6) is 17.2 Å². The largest absolute Gasteiger partial charge is 0.507 e. The lowest BCUT2D eigenvalue weighted by Gasteiger charge is -2.23. The molecule has 0 spiro atoms. The van der Waals surface area contributed by atoms with Crippen molar-refractivity contribution < 1.29 is 28.9 Å². The Morgan fingerprint density at radius 2 is 1.56 bits per heavy atom. The van der Waals surface area contributed by atoms with Gasteiger partial charge in [0.05, 0.1) is 42.2 Å². The van der Waals surface area contributed by atoms with Gasteiger partial charge in [0.2, 0.25) is 0 Å². The fourth-order valence-corrected chi connectivity index (χ4v) is 5.65. The highest BCUT2D eigenvalue weighted by Gasteiger charge is 2.48. The molecule has 0 bridgehead atoms. The number of ether oxygens (including phenoxy) is 3. The number of carbonyl (C=O) groups is 2. The monoisotopic (exact) mass is 572 g/mol. The second-order valence-corrected chi connectivity index (χ2v) is 10.7. The highest BCUT2D eigenvalue weighted by atomic mass is 32.1. The second kappa shape index (κ2) is 12.4. The Morgan fingerprint density at radius 3 is 2.22 bits per heavy atom. The summed E-state index contributed by atoms with van der Waals surface area (Å²) in [5.74, 6) is 0.214. The zero-order valence-corrected chi connectivity index (χ0v) is 24.1. The molecule has 212 valence electrons. The number of unbranched alkanes of at least 4 members (excludes halogenated alkanes) is 1. The molecule has 0 saturated carbocycles. The molecule has 1 saturated heterocycles. The lowest BCUT2D eigenvalue weighted by molar-refractivity contribution is -0.132. The van der Waals surface area contributed by atoms with E-state index in [1.807, 2.05) is 43.3 Å². The summed E-state index contributed by atoms with van der Waals surface area (Å²) in [6, 6.07) is 18.6. The van der Waals surface area contributed by atoms with Gasteiger partial charge in [-0.1, -0.05) is 43.7 Å². The third-order valence-electron chi connectivity index (χ3n) is 6.80. The summed E-state index contributed by atoms with van der Waals surface area (Å²) >= 11 is 1.28. The van der Waals surface area contributed by atoms with Crippen LogP contribution in [0, 0.1) is 0 Å². The molecule has 1 N–H and O–H groups in total. The summed E-state index contributed by atoms with van der Waals surface area (Å²) < 4.78 is 17.6. The quantitative estimate of drug-likeness (QED) is 0.0904. The lowest BCUT2D eigenvalue weighted by atomic mass is 9.95. The SMILES string of the molecule is CCCCOc1ccc(C2C(=C(O)c3ccc(OCCC)cc3)C(=O)C(=O)N2c2nc3ccc(OC)cc3s2)cc1. The number of benzene rings is 3. The molecule has 4 aromatic rings. The average Bonchev–Trinajstić information content (AvgIpc) is 3.53. The Hall–Kier alpha value is -4.37. The minimum absolute atomic E-state index is 0.00582. The zero-order chi connectivity index (χ0) is 28.9. The van der Waals surface area contributed by atoms with Gasteiger partial charge in [-0.3, -0.25) is 14.5 Å². The topological polar surface area (TPSA) is 98.2 Å². The molecule has 8 nitrogen and oxygen atoms in total. The first kappa shape index (κ1) is 28.2. The molecule has 1 amide bonds. The maximum absolute atomic E-state index is 13.6. The van der Waals surface area contributed by atoms with Gasteiger partial charge in [-0.2, -0.15) is 0 Å². The number of amides is 1. The molecule has 9 heteroatoms. The number of fused-ring (bicyclic) bond motifs is 1. The van der Waals surface area contributed by atoms with Crippen molar-refractivity contribution in [2.45, 2.75) is 39.2 Å². The second-order valence-electron chi connectivity index (χ2n) is 9.64. The fourth-order valence-electron chi connectivity index (χ4n) is 4.63. The van der Waals surface area contributed by atoms with Gasteiger partial charge in [-0.05, 0) is 73.0 Å². The smallest absolute Gasteiger partial charge is 0.301 e. The Kier molecular flexibility index (Phi) is 8.54. The van der Waals surface area contributed by atoms with Gasteiger partial charge in [-0.15, -0.1) is 0 Å². The number of hydrogen-bond donors (Lipinski definition) is 1. The number of hydrogen-bond acceptors (Lipinski definition) is 8. The first-order valence-corrected chi connectivity index (χ1v) is 14.5. The van der Waals surface area contributed by atoms with E-state index >= 15 is 0 Å². The number of Topliss-reactive ketones (excluding diaryl/α,β-unsaturated/α-hetero) is 1. The molecule has 41 heavy (non-hydrogen) atoms. The minimum Gasteiger partial charge on any atom is -0.507 e. The van der Waals surface area contributed by atoms with Crippen LogP contribution in [0.15, 0.2) is 72.3 Å². The summed E-state index contributed by atoms with van der Waals surface area (Å²) in [5.41, 5.74) is 1.72. The number of thiazole rings is 1. The van der Waals surface area contributed by atoms with Crippen molar-refractivity contribution in [1.29, 1.82) is 0 Å². The van der Waals surface area contributed by atoms with E-state index < -0.39 is 17.7 Å². The number of anilines is 1. The summed E-state index contributed by atoms with van der Waals surface area (Å²) in [6.07, 6.45) is 2.82. The summed E-state index contributed by atoms with van der Waals surface area (Å²) in [4.78, 5) is 33.2. The Balaban J connectivity index is 1.59. The van der Waals surface area contributed by atoms with E-state index in [0.717, 1.165) is 24.0 Å². The van der Waals surface area contributed by atoms with E-state index in [4.69, 9.17) is 14.2 Å². The van der Waals surface area contributed by atoms with Crippen LogP contribution in [0.25, 0.3) is 16.0 Å². The van der Waals surface area contributed by atoms with Crippen LogP contribution in [0.1, 0.15) is 50.3 Å². The van der Waals surface area contributed by atoms with E-state index in [0.29, 0.717) is 52.2 Å². The molecule has 1 aliphatic heterocycles. The van der Waals surface area contributed by atoms with Crippen LogP contribution >= 0.6 is 11.3 Å². The van der Waals surface area contributed by atoms with Crippen LogP contribution in [0.3, 0.4) is 0 Å². The Morgan fingerprint density at radius 1 is 0.902 bits per heavy atom. The van der Waals surface area contributed by atoms with Crippen LogP contribution < -0.4 is 19.1 Å². The van der Waals surface area contributed by atoms with Gasteiger partial charge >= 0.3 is 5.91 Å². The summed E-state index contributed by atoms with van der Waals surface area (Å²) in [5, 5.41) is 11.8. The van der Waals surface area contributed by atoms with Crippen molar-refractivity contribution in [3.05, 3.63) is 83.4 Å². The van der Waals surface area contributed by atoms with Crippen molar-refractivity contribution >= 4 is 44.1 Å². The molecule has 1 aliphatic rings. The zero-order valence-electron chi connectivity index (χ0n) is 23.3. The van der Waals surface area contributed by atoms with E-state index in [2.05, 4.69) is 11.9 Å². The lowest BCUT2D eigenvalue weighted by Crippen LogP contribution is -2.29. The van der Waals surface area contributed by atoms with Crippen molar-refractivity contribution in [3.8, 4) is 17.2 Å². The van der Waals surface area contributed by atoms with Crippen LogP contribution in [-0.2, 0) is 9.59 Å². The molecule has 1 atom stereocenters. The van der Waals surface area contributed by atoms with Crippen LogP contribution in [-0.4, -0.2) is 42.1 Å². The molecule has 0 radical (unpaired) electrons. The number of aromatic nitrogens is 1. The van der Waals surface area contributed by atoms with Gasteiger partial charge < -0.3 is 19.3 Å². The highest BCUT2D eigenvalue weighted by Crippen LogP contribution is 2.45. The first-order chi connectivity index (χ1) is 19.9. The third-order valence-corrected chi connectivity index (χ3v) is 7.82. The van der Waals surface area contributed by atoms with Crippen molar-refractivity contribution in [2.24, 2.45) is 0 Å². The van der Waals surface area contributed by atoms with Gasteiger partial charge in [0.15, 0.2) is 5.13 Å². The number of carbonyl (C=O) groups excluding carboxylic acids is 2. The molecule has 1 aromatic heterocycles. The highest BCUT2D eigenvalue weighted by molar-refractivity contribution is 7.22. The van der Waals surface area contributed by atoms with Crippen LogP contribution in [0.4, 0.5) is 5.13 Å². The van der Waals surface area contributed by atoms with E-state index in [-0.39, 0.29) is 11.3 Å². The minimum atomic E-state index is -0.891. The Labute approximate surface area is 242 Å². The van der Waals surface area contributed by atoms with Gasteiger partial charge in [0.1, 0.15) is 23.0 Å². The maximum Gasteiger partial charge on any atom is 0.301 e. The van der Waals surface area contributed by atoms with E-state index in [9.17, 15) is 14.7 Å². The van der Waals surface area contributed by atoms with Crippen LogP contribution in [0.2, 0.25) is 0 Å². The number of nitrogens with zero attached hydrogens (tertiary/aromatic N) is 2. The molecule has 1 fully saturated rings. The fraction of sp³-hybridized carbons (Fsp3) is 0.281. The van der Waals surface area contributed by atoms with Crippen molar-refractivity contribution in [2.75, 3.05) is 25.2 Å². The predicted octanol–water partition coefficient (Wildman–Crippen LogP) is 6.90. The number of aliphatic hydroxyl groups excluding tert-OH is 1. The number of ketones is 1. The van der Waals surface area contributed by atoms with E-state index in [1.165, 1.54) is 16.2 Å². The normalized spacial score (nSPS) is 16.4. The molecule has 5 rings (SSSR count). The average molecular weight is 573 g/mol. The number of methoxy groups -OCH3 is 1.